The average Bonchev–Trinajstić information content (AvgIpc) is 3.24. The molecule has 3 atom stereocenters. The van der Waals surface area contributed by atoms with Gasteiger partial charge in [-0.3, -0.25) is 0 Å². The normalized spacial score (nSPS) is 23.6. The molecule has 0 bridgehead atoms. The molecule has 0 N–H and O–H groups in total. The molecule has 1 spiro atoms. The summed E-state index contributed by atoms with van der Waals surface area (Å²) in [6, 6.07) is 9.35. The molecule has 4 aliphatic rings. The van der Waals surface area contributed by atoms with E-state index in [0.717, 1.165) is 24.3 Å². The lowest BCUT2D eigenvalue weighted by atomic mass is 9.73. The number of rotatable bonds is 7. The number of nitrogens with zero attached hydrogens (tertiary/aromatic N) is 2. The van der Waals surface area contributed by atoms with Crippen LogP contribution >= 0.6 is 0 Å². The van der Waals surface area contributed by atoms with Crippen LogP contribution in [0.25, 0.3) is 0 Å². The van der Waals surface area contributed by atoms with Gasteiger partial charge in [-0.1, -0.05) is 117 Å². The van der Waals surface area contributed by atoms with Crippen molar-refractivity contribution in [3.05, 3.63) is 57.6 Å². The minimum atomic E-state index is -0.997. The van der Waals surface area contributed by atoms with E-state index in [9.17, 15) is 0 Å². The average molecular weight is 615 g/mol. The van der Waals surface area contributed by atoms with Crippen LogP contribution in [0.3, 0.4) is 0 Å². The van der Waals surface area contributed by atoms with E-state index in [2.05, 4.69) is 115 Å². The molecule has 2 aromatic rings. The van der Waals surface area contributed by atoms with Crippen molar-refractivity contribution in [1.82, 2.24) is 0 Å². The van der Waals surface area contributed by atoms with Gasteiger partial charge in [0.15, 0.2) is 23.9 Å². The van der Waals surface area contributed by atoms with Gasteiger partial charge in [0, 0.05) is 18.4 Å². The Bertz CT molecular complexity index is 1490. The Morgan fingerprint density at radius 1 is 0.711 bits per heavy atom. The lowest BCUT2D eigenvalue weighted by Gasteiger charge is -2.34. The number of unbranched alkanes of at least 4 members (excludes halogenated alkanes) is 2. The zero-order valence-electron chi connectivity index (χ0n) is 29.4. The highest BCUT2D eigenvalue weighted by molar-refractivity contribution is 5.85. The number of ether oxygens (including phenoxy) is 2. The monoisotopic (exact) mass is 614 g/mol. The Morgan fingerprint density at radius 3 is 1.73 bits per heavy atom. The molecule has 246 valence electrons. The van der Waals surface area contributed by atoms with Gasteiger partial charge in [0.1, 0.15) is 0 Å². The van der Waals surface area contributed by atoms with Gasteiger partial charge in [0.05, 0.1) is 11.1 Å². The molecule has 1 saturated heterocycles. The van der Waals surface area contributed by atoms with E-state index in [1.807, 2.05) is 0 Å². The molecule has 4 nitrogen and oxygen atoms in total. The van der Waals surface area contributed by atoms with Crippen LogP contribution in [-0.2, 0) is 16.2 Å². The van der Waals surface area contributed by atoms with Crippen molar-refractivity contribution in [2.24, 2.45) is 0 Å². The Labute approximate surface area is 274 Å². The molecule has 1 saturated carbocycles. The minimum Gasteiger partial charge on any atom is -0.340 e. The highest BCUT2D eigenvalue weighted by Gasteiger charge is 2.76. The van der Waals surface area contributed by atoms with Crippen LogP contribution < -0.4 is 9.47 Å². The van der Waals surface area contributed by atoms with Crippen LogP contribution in [0.5, 0.6) is 11.5 Å². The summed E-state index contributed by atoms with van der Waals surface area (Å²) in [6.07, 6.45) is 17.1. The zero-order chi connectivity index (χ0) is 31.7. The van der Waals surface area contributed by atoms with Crippen molar-refractivity contribution >= 4 is 12.4 Å². The third-order valence-electron chi connectivity index (χ3n) is 11.0. The summed E-state index contributed by atoms with van der Waals surface area (Å²) in [5.41, 5.74) is 7.84. The standard InChI is InChI=1S/C40H58N2O2.CH4/c1-11-13-19-39(10,20-14-12-2)31-21-27(3)35-28(23-31)25-41-33-17-15-16-18-34(33)42-26-29-22-30(37(4,5)6)24-32(38(7,8)9)36(29)44-40(41,42)43-35;/h21-26,33-34H,11-20H2,1-10H3;1H4/q+2;. The number of hydrogen-bond acceptors (Lipinski definition) is 2. The van der Waals surface area contributed by atoms with Gasteiger partial charge >= 0.3 is 6.03 Å². The number of aryl methyl sites for hydroxylation is 1. The summed E-state index contributed by atoms with van der Waals surface area (Å²) in [6.45, 7) is 23.2. The summed E-state index contributed by atoms with van der Waals surface area (Å²) < 4.78 is 19.6. The Kier molecular flexibility index (Phi) is 8.90. The Balaban J connectivity index is 0.00000400. The quantitative estimate of drug-likeness (QED) is 0.290. The van der Waals surface area contributed by atoms with Gasteiger partial charge in [-0.25, -0.2) is 0 Å². The topological polar surface area (TPSA) is 24.5 Å². The fourth-order valence-electron chi connectivity index (χ4n) is 8.23. The zero-order valence-corrected chi connectivity index (χ0v) is 29.4. The summed E-state index contributed by atoms with van der Waals surface area (Å²) in [4.78, 5) is 0. The molecule has 0 aromatic heterocycles. The molecule has 3 unspecified atom stereocenters. The van der Waals surface area contributed by atoms with Crippen molar-refractivity contribution in [2.45, 2.75) is 175 Å². The van der Waals surface area contributed by atoms with E-state index in [1.54, 1.807) is 0 Å². The summed E-state index contributed by atoms with van der Waals surface area (Å²) in [5, 5.41) is 0. The maximum Gasteiger partial charge on any atom is 0.704 e. The molecule has 2 fully saturated rings. The van der Waals surface area contributed by atoms with E-state index in [-0.39, 0.29) is 23.7 Å². The molecular formula is C41H62N2O2+2. The maximum atomic E-state index is 7.35. The van der Waals surface area contributed by atoms with Crippen LogP contribution in [0.4, 0.5) is 0 Å². The second-order valence-corrected chi connectivity index (χ2v) is 16.7. The predicted octanol–water partition coefficient (Wildman–Crippen LogP) is 10.1. The Morgan fingerprint density at radius 2 is 1.22 bits per heavy atom. The number of fused-ring (bicyclic) bond motifs is 5. The fourth-order valence-corrected chi connectivity index (χ4v) is 8.23. The first-order valence-corrected chi connectivity index (χ1v) is 17.7. The molecule has 3 heterocycles. The van der Waals surface area contributed by atoms with Crippen LogP contribution in [0.15, 0.2) is 24.3 Å². The third kappa shape index (κ3) is 5.67. The van der Waals surface area contributed by atoms with Crippen LogP contribution in [0.2, 0.25) is 0 Å². The molecular weight excluding hydrogens is 552 g/mol. The first kappa shape index (κ1) is 33.7. The molecule has 0 radical (unpaired) electrons. The molecule has 2 aromatic carbocycles. The van der Waals surface area contributed by atoms with E-state index < -0.39 is 6.03 Å². The van der Waals surface area contributed by atoms with Gasteiger partial charge in [0.25, 0.3) is 0 Å². The highest BCUT2D eigenvalue weighted by Crippen LogP contribution is 2.49. The highest BCUT2D eigenvalue weighted by atomic mass is 16.7. The molecule has 3 aliphatic heterocycles. The van der Waals surface area contributed by atoms with Gasteiger partial charge in [-0.2, -0.15) is 0 Å². The van der Waals surface area contributed by atoms with Crippen molar-refractivity contribution < 1.29 is 18.6 Å². The SMILES string of the molecule is C.CCCCC(C)(CCCC)c1cc(C)c2c(c1)C=[N+]1C3CCCCC3[N+]3=Cc4cc(C(C)(C)C)cc(C(C)(C)C)c4OC13O2. The molecule has 45 heavy (non-hydrogen) atoms. The summed E-state index contributed by atoms with van der Waals surface area (Å²) in [7, 11) is 0. The maximum absolute atomic E-state index is 7.35. The number of benzene rings is 2. The van der Waals surface area contributed by atoms with E-state index in [1.165, 1.54) is 84.7 Å². The molecule has 0 amide bonds. The second kappa shape index (κ2) is 11.9. The minimum absolute atomic E-state index is 0. The molecule has 6 rings (SSSR count). The van der Waals surface area contributed by atoms with Gasteiger partial charge in [-0.05, 0) is 77.7 Å². The first-order chi connectivity index (χ1) is 20.7. The lowest BCUT2D eigenvalue weighted by Crippen LogP contribution is -2.60. The predicted molar refractivity (Wildman–Crippen MR) is 189 cm³/mol. The van der Waals surface area contributed by atoms with Crippen LogP contribution in [0.1, 0.15) is 167 Å². The smallest absolute Gasteiger partial charge is 0.340 e. The molecule has 1 aliphatic carbocycles. The van der Waals surface area contributed by atoms with Crippen LogP contribution in [0, 0.1) is 6.92 Å². The van der Waals surface area contributed by atoms with Crippen molar-refractivity contribution in [1.29, 1.82) is 0 Å². The summed E-state index contributed by atoms with van der Waals surface area (Å²) >= 11 is 0. The van der Waals surface area contributed by atoms with E-state index in [4.69, 9.17) is 9.47 Å². The van der Waals surface area contributed by atoms with E-state index >= 15 is 0 Å². The van der Waals surface area contributed by atoms with Crippen molar-refractivity contribution in [3.63, 3.8) is 0 Å². The molecule has 4 heteroatoms. The van der Waals surface area contributed by atoms with Gasteiger partial charge in [-0.15, -0.1) is 0 Å². The van der Waals surface area contributed by atoms with Gasteiger partial charge < -0.3 is 9.47 Å². The van der Waals surface area contributed by atoms with E-state index in [0.29, 0.717) is 12.1 Å². The fraction of sp³-hybridized carbons (Fsp3) is 0.659. The van der Waals surface area contributed by atoms with Crippen LogP contribution in [-0.4, -0.2) is 39.7 Å². The first-order valence-electron chi connectivity index (χ1n) is 17.7. The van der Waals surface area contributed by atoms with Gasteiger partial charge in [0.2, 0.25) is 12.1 Å². The second-order valence-electron chi connectivity index (χ2n) is 16.7. The summed E-state index contributed by atoms with van der Waals surface area (Å²) in [5.74, 6) is 1.95. The van der Waals surface area contributed by atoms with Crippen molar-refractivity contribution in [3.8, 4) is 11.5 Å². The number of hydrogen-bond donors (Lipinski definition) is 0. The van der Waals surface area contributed by atoms with Crippen molar-refractivity contribution in [2.75, 3.05) is 0 Å². The lowest BCUT2D eigenvalue weighted by molar-refractivity contribution is -0.866. The largest absolute Gasteiger partial charge is 0.704 e. The Hall–Kier alpha value is -2.62. The third-order valence-corrected chi connectivity index (χ3v) is 11.0.